The Morgan fingerprint density at radius 1 is 0.733 bits per heavy atom. The quantitative estimate of drug-likeness (QED) is 0.208. The molecule has 170 valence electrons. The molecule has 2 aliphatic heterocycles. The van der Waals surface area contributed by atoms with Gasteiger partial charge in [0.2, 0.25) is 0 Å². The zero-order chi connectivity index (χ0) is 24.1. The van der Waals surface area contributed by atoms with Gasteiger partial charge in [-0.3, -0.25) is 0 Å². The minimum Gasteiger partial charge on any atom is -0.576 e. The monoisotopic (exact) mass is 440 g/mol. The van der Waals surface area contributed by atoms with Crippen molar-refractivity contribution in [3.63, 3.8) is 0 Å². The van der Waals surface area contributed by atoms with Crippen molar-refractivity contribution in [2.45, 2.75) is 20.8 Å². The lowest BCUT2D eigenvalue weighted by Gasteiger charge is -2.21. The fraction of sp³-hybridized carbons (Fsp3) is 0.500. The third-order valence-corrected chi connectivity index (χ3v) is 2.86. The molecule has 30 heavy (non-hydrogen) atoms. The zero-order valence-electron chi connectivity index (χ0n) is 16.0. The molecule has 0 radical (unpaired) electrons. The molecule has 5 N–H and O–H groups in total. The minimum absolute atomic E-state index is 1.19. The van der Waals surface area contributed by atoms with Crippen LogP contribution in [-0.4, -0.2) is 99.9 Å². The number of carboxylic acid groups (broad SMARTS) is 2. The van der Waals surface area contributed by atoms with Crippen molar-refractivity contribution >= 4 is 50.1 Å². The van der Waals surface area contributed by atoms with Gasteiger partial charge in [0, 0.05) is 0 Å². The second-order valence-electron chi connectivity index (χ2n) is 4.77. The number of carbonyl (C=O) groups is 6. The summed E-state index contributed by atoms with van der Waals surface area (Å²) in [5.41, 5.74) is 0. The molecule has 16 nitrogen and oxygen atoms in total. The minimum atomic E-state index is -3.30. The van der Waals surface area contributed by atoms with Gasteiger partial charge in [-0.05, 0) is 19.6 Å². The van der Waals surface area contributed by atoms with Gasteiger partial charge in [-0.1, -0.05) is 20.8 Å². The maximum absolute atomic E-state index is 10.5. The highest BCUT2D eigenvalue weighted by molar-refractivity contribution is 6.73. The molecule has 0 amide bonds. The molecule has 0 atom stereocenters. The van der Waals surface area contributed by atoms with Gasteiger partial charge in [0.05, 0.1) is 0 Å². The molecular formula is C12H20B2NO15-. The van der Waals surface area contributed by atoms with Crippen LogP contribution >= 0.6 is 0 Å². The van der Waals surface area contributed by atoms with Gasteiger partial charge in [-0.25, -0.2) is 28.8 Å². The third kappa shape index (κ3) is 11.6. The van der Waals surface area contributed by atoms with E-state index in [2.05, 4.69) is 44.3 Å². The Labute approximate surface area is 169 Å². The number of hydrogen-bond acceptors (Lipinski definition) is 14. The standard InChI is InChI=1S/C6H15N.C4BO8.C2H2O4.BH3O3/c1-4-7(5-2)6-3;6-1-2(7)11-5(10-1)12-3(8)4(9)13-5;3-1(4)2(5)6;2-1(3)4/h4-6H2,1-3H3;;(H,3,4)(H,5,6);2-4H/q;-1;;. The lowest BCUT2D eigenvalue weighted by Crippen LogP contribution is -2.40. The average Bonchev–Trinajstić information content (AvgIpc) is 3.05. The van der Waals surface area contributed by atoms with E-state index in [1.165, 1.54) is 19.6 Å². The second-order valence-corrected chi connectivity index (χ2v) is 4.77. The summed E-state index contributed by atoms with van der Waals surface area (Å²) in [6, 6.07) is 0. The molecule has 0 aromatic heterocycles. The van der Waals surface area contributed by atoms with Crippen LogP contribution in [0.5, 0.6) is 0 Å². The predicted octanol–water partition coefficient (Wildman–Crippen LogP) is -3.93. The first-order valence-corrected chi connectivity index (χ1v) is 8.03. The Kier molecular flexibility index (Phi) is 13.4. The van der Waals surface area contributed by atoms with Crippen molar-refractivity contribution in [1.82, 2.24) is 4.90 Å². The fourth-order valence-corrected chi connectivity index (χ4v) is 1.53. The Morgan fingerprint density at radius 3 is 1.03 bits per heavy atom. The Bertz CT molecular complexity index is 558. The highest BCUT2D eigenvalue weighted by Crippen LogP contribution is 2.24. The van der Waals surface area contributed by atoms with Gasteiger partial charge < -0.3 is 48.8 Å². The van der Waals surface area contributed by atoms with Crippen LogP contribution in [-0.2, 0) is 47.4 Å². The molecule has 2 fully saturated rings. The molecule has 2 rings (SSSR count). The van der Waals surface area contributed by atoms with Crippen molar-refractivity contribution in [3.8, 4) is 0 Å². The van der Waals surface area contributed by atoms with Crippen molar-refractivity contribution in [1.29, 1.82) is 0 Å². The SMILES string of the molecule is CCN(CC)CC.O=C(O)C(=O)O.O=C1O[B-]2(OC1=O)OC(=O)C(=O)O2.OB(O)O. The molecule has 0 aromatic carbocycles. The van der Waals surface area contributed by atoms with E-state index in [-0.39, 0.29) is 0 Å². The van der Waals surface area contributed by atoms with Gasteiger partial charge >= 0.3 is 50.1 Å². The van der Waals surface area contributed by atoms with Crippen molar-refractivity contribution in [3.05, 3.63) is 0 Å². The van der Waals surface area contributed by atoms with E-state index in [4.69, 9.17) is 34.9 Å². The number of carboxylic acids is 2. The largest absolute Gasteiger partial charge is 0.786 e. The second kappa shape index (κ2) is 13.9. The molecule has 2 aliphatic rings. The number of carbonyl (C=O) groups excluding carboxylic acids is 4. The summed E-state index contributed by atoms with van der Waals surface area (Å²) in [7, 11) is -2.17. The van der Waals surface area contributed by atoms with E-state index in [0.29, 0.717) is 0 Å². The maximum atomic E-state index is 10.5. The van der Waals surface area contributed by atoms with Crippen LogP contribution in [0.3, 0.4) is 0 Å². The van der Waals surface area contributed by atoms with Crippen LogP contribution in [0, 0.1) is 0 Å². The Hall–Kier alpha value is -3.21. The summed E-state index contributed by atoms with van der Waals surface area (Å²) in [6.45, 7) is 6.83. The summed E-state index contributed by atoms with van der Waals surface area (Å²) in [5, 5.41) is 36.3. The molecule has 0 saturated carbocycles. The van der Waals surface area contributed by atoms with E-state index >= 15 is 0 Å². The van der Waals surface area contributed by atoms with Crippen molar-refractivity contribution in [2.75, 3.05) is 19.6 Å². The first-order valence-electron chi connectivity index (χ1n) is 8.03. The molecule has 0 unspecified atom stereocenters. The van der Waals surface area contributed by atoms with Gasteiger partial charge in [-0.15, -0.1) is 0 Å². The highest BCUT2D eigenvalue weighted by atomic mass is 17.0. The van der Waals surface area contributed by atoms with Crippen molar-refractivity contribution in [2.24, 2.45) is 0 Å². The lowest BCUT2D eigenvalue weighted by atomic mass is 10.1. The molecular weight excluding hydrogens is 420 g/mol. The van der Waals surface area contributed by atoms with E-state index in [9.17, 15) is 19.2 Å². The zero-order valence-corrected chi connectivity index (χ0v) is 16.0. The van der Waals surface area contributed by atoms with Crippen molar-refractivity contribution < 1.29 is 72.7 Å². The van der Waals surface area contributed by atoms with Gasteiger partial charge in [0.15, 0.2) is 0 Å². The third-order valence-electron chi connectivity index (χ3n) is 2.86. The van der Waals surface area contributed by atoms with Crippen LogP contribution in [0.4, 0.5) is 0 Å². The number of nitrogens with zero attached hydrogens (tertiary/aromatic N) is 1. The molecule has 0 bridgehead atoms. The summed E-state index contributed by atoms with van der Waals surface area (Å²) >= 11 is 0. The van der Waals surface area contributed by atoms with Gasteiger partial charge in [0.1, 0.15) is 0 Å². The number of hydrogen-bond donors (Lipinski definition) is 5. The first-order chi connectivity index (χ1) is 13.7. The molecule has 0 aromatic rings. The Balaban J connectivity index is 0. The molecule has 2 heterocycles. The lowest BCUT2D eigenvalue weighted by molar-refractivity contribution is -0.159. The van der Waals surface area contributed by atoms with Crippen LogP contribution in [0.1, 0.15) is 20.8 Å². The van der Waals surface area contributed by atoms with E-state index in [1.807, 2.05) is 0 Å². The van der Waals surface area contributed by atoms with Crippen LogP contribution in [0.15, 0.2) is 0 Å². The predicted molar refractivity (Wildman–Crippen MR) is 91.3 cm³/mol. The number of aliphatic carboxylic acids is 2. The summed E-state index contributed by atoms with van der Waals surface area (Å²) in [4.78, 5) is 62.5. The van der Waals surface area contributed by atoms with E-state index in [0.717, 1.165) is 0 Å². The molecule has 0 aliphatic carbocycles. The summed E-state index contributed by atoms with van der Waals surface area (Å²) < 4.78 is 16.5. The molecule has 2 saturated heterocycles. The van der Waals surface area contributed by atoms with Gasteiger partial charge in [-0.2, -0.15) is 0 Å². The van der Waals surface area contributed by atoms with Crippen LogP contribution in [0.25, 0.3) is 0 Å². The van der Waals surface area contributed by atoms with Gasteiger partial charge in [0.25, 0.3) is 0 Å². The van der Waals surface area contributed by atoms with Crippen LogP contribution in [0.2, 0.25) is 0 Å². The normalized spacial score (nSPS) is 15.2. The first kappa shape index (κ1) is 29.0. The van der Waals surface area contributed by atoms with E-state index in [1.54, 1.807) is 0 Å². The van der Waals surface area contributed by atoms with E-state index < -0.39 is 50.1 Å². The highest BCUT2D eigenvalue weighted by Gasteiger charge is 2.60. The smallest absolute Gasteiger partial charge is 0.576 e. The molecule has 1 spiro atoms. The fourth-order valence-electron chi connectivity index (χ4n) is 1.53. The maximum Gasteiger partial charge on any atom is 0.786 e. The average molecular weight is 440 g/mol. The molecule has 18 heteroatoms. The summed E-state index contributed by atoms with van der Waals surface area (Å²) in [5.74, 6) is -9.14. The Morgan fingerprint density at radius 2 is 0.933 bits per heavy atom. The topological polar surface area (TPSA) is 244 Å². The summed E-state index contributed by atoms with van der Waals surface area (Å²) in [6.07, 6.45) is 0. The number of rotatable bonds is 3. The van der Waals surface area contributed by atoms with Crippen LogP contribution < -0.4 is 0 Å².